The number of rotatable bonds is 6. The van der Waals surface area contributed by atoms with Crippen molar-refractivity contribution < 1.29 is 9.90 Å². The van der Waals surface area contributed by atoms with Gasteiger partial charge in [0.25, 0.3) is 0 Å². The largest absolute Gasteiger partial charge is 0.388 e. The number of carbonyl (C=O) groups excluding carboxylic acids is 1. The highest BCUT2D eigenvalue weighted by Crippen LogP contribution is 2.28. The summed E-state index contributed by atoms with van der Waals surface area (Å²) in [5.41, 5.74) is 1.38. The molecular formula is C18H22N2O2S. The number of nitrogens with zero attached hydrogens (tertiary/aromatic N) is 1. The van der Waals surface area contributed by atoms with E-state index >= 15 is 0 Å². The number of nitrogens with one attached hydrogen (secondary N) is 1. The van der Waals surface area contributed by atoms with Gasteiger partial charge in [0, 0.05) is 30.3 Å². The van der Waals surface area contributed by atoms with Crippen molar-refractivity contribution in [1.82, 2.24) is 10.3 Å². The number of hydrogen-bond acceptors (Lipinski definition) is 4. The molecule has 1 aromatic heterocycles. The Bertz CT molecular complexity index is 648. The zero-order valence-corrected chi connectivity index (χ0v) is 13.9. The quantitative estimate of drug-likeness (QED) is 0.855. The van der Waals surface area contributed by atoms with Crippen molar-refractivity contribution in [2.75, 3.05) is 6.54 Å². The topological polar surface area (TPSA) is 62.2 Å². The van der Waals surface area contributed by atoms with Gasteiger partial charge in [-0.25, -0.2) is 4.98 Å². The number of thiazole rings is 1. The summed E-state index contributed by atoms with van der Waals surface area (Å²) in [7, 11) is 0. The third kappa shape index (κ3) is 4.39. The molecule has 23 heavy (non-hydrogen) atoms. The maximum atomic E-state index is 11.9. The first-order valence-electron chi connectivity index (χ1n) is 8.14. The molecule has 0 saturated heterocycles. The minimum atomic E-state index is -0.683. The Balaban J connectivity index is 1.47. The molecule has 4 nitrogen and oxygen atoms in total. The van der Waals surface area contributed by atoms with Crippen LogP contribution in [0.25, 0.3) is 11.3 Å². The molecule has 0 spiro atoms. The Morgan fingerprint density at radius 1 is 1.26 bits per heavy atom. The van der Waals surface area contributed by atoms with Gasteiger partial charge in [0.15, 0.2) is 0 Å². The van der Waals surface area contributed by atoms with Gasteiger partial charge < -0.3 is 10.4 Å². The summed E-state index contributed by atoms with van der Waals surface area (Å²) < 4.78 is 0. The normalized spacial score (nSPS) is 16.4. The van der Waals surface area contributed by atoms with E-state index < -0.39 is 5.60 Å². The predicted octanol–water partition coefficient (Wildman–Crippen LogP) is 3.16. The second-order valence-electron chi connectivity index (χ2n) is 6.20. The van der Waals surface area contributed by atoms with E-state index in [4.69, 9.17) is 0 Å². The van der Waals surface area contributed by atoms with Crippen LogP contribution in [0.2, 0.25) is 0 Å². The van der Waals surface area contributed by atoms with Gasteiger partial charge in [0.05, 0.1) is 16.3 Å². The summed E-state index contributed by atoms with van der Waals surface area (Å²) in [6.07, 6.45) is 4.74. The van der Waals surface area contributed by atoms with Gasteiger partial charge in [0.2, 0.25) is 5.91 Å². The molecule has 0 aliphatic heterocycles. The SMILES string of the molecule is O=C(CCc1nc(-c2ccccc2)cs1)NCC1(O)CCCC1. The van der Waals surface area contributed by atoms with E-state index in [-0.39, 0.29) is 5.91 Å². The number of aliphatic hydroxyl groups is 1. The lowest BCUT2D eigenvalue weighted by atomic mass is 10.0. The van der Waals surface area contributed by atoms with Crippen molar-refractivity contribution in [3.63, 3.8) is 0 Å². The summed E-state index contributed by atoms with van der Waals surface area (Å²) in [6.45, 7) is 0.374. The molecule has 2 aromatic rings. The molecule has 1 saturated carbocycles. The molecule has 0 bridgehead atoms. The maximum absolute atomic E-state index is 11.9. The zero-order chi connectivity index (χ0) is 16.1. The van der Waals surface area contributed by atoms with Crippen LogP contribution >= 0.6 is 11.3 Å². The van der Waals surface area contributed by atoms with Gasteiger partial charge in [-0.1, -0.05) is 43.2 Å². The van der Waals surface area contributed by atoms with Crippen LogP contribution in [0.5, 0.6) is 0 Å². The minimum Gasteiger partial charge on any atom is -0.388 e. The van der Waals surface area contributed by atoms with Crippen LogP contribution in [0.1, 0.15) is 37.1 Å². The summed E-state index contributed by atoms with van der Waals surface area (Å²) in [4.78, 5) is 16.5. The van der Waals surface area contributed by atoms with Crippen LogP contribution in [-0.4, -0.2) is 28.1 Å². The molecule has 1 aromatic carbocycles. The highest BCUT2D eigenvalue weighted by Gasteiger charge is 2.31. The number of aryl methyl sites for hydroxylation is 1. The molecule has 122 valence electrons. The second kappa shape index (κ2) is 7.23. The first kappa shape index (κ1) is 16.1. The van der Waals surface area contributed by atoms with E-state index in [0.717, 1.165) is 41.9 Å². The van der Waals surface area contributed by atoms with Crippen LogP contribution in [-0.2, 0) is 11.2 Å². The number of hydrogen-bond donors (Lipinski definition) is 2. The molecule has 5 heteroatoms. The Morgan fingerprint density at radius 2 is 2.00 bits per heavy atom. The van der Waals surface area contributed by atoms with Crippen LogP contribution in [0.15, 0.2) is 35.7 Å². The molecule has 0 atom stereocenters. The van der Waals surface area contributed by atoms with Crippen LogP contribution in [0.3, 0.4) is 0 Å². The fraction of sp³-hybridized carbons (Fsp3) is 0.444. The second-order valence-corrected chi connectivity index (χ2v) is 7.14. The van der Waals surface area contributed by atoms with Gasteiger partial charge in [-0.05, 0) is 12.8 Å². The van der Waals surface area contributed by atoms with Crippen molar-refractivity contribution in [1.29, 1.82) is 0 Å². The maximum Gasteiger partial charge on any atom is 0.220 e. The van der Waals surface area contributed by atoms with Crippen molar-refractivity contribution in [2.24, 2.45) is 0 Å². The van der Waals surface area contributed by atoms with E-state index in [0.29, 0.717) is 19.4 Å². The summed E-state index contributed by atoms with van der Waals surface area (Å²) in [5, 5.41) is 16.1. The molecule has 2 N–H and O–H groups in total. The first-order valence-corrected chi connectivity index (χ1v) is 9.02. The molecule has 1 aliphatic carbocycles. The smallest absolute Gasteiger partial charge is 0.220 e. The summed E-state index contributed by atoms with van der Waals surface area (Å²) in [6, 6.07) is 10.0. The Morgan fingerprint density at radius 3 is 2.74 bits per heavy atom. The molecular weight excluding hydrogens is 308 g/mol. The van der Waals surface area contributed by atoms with Gasteiger partial charge >= 0.3 is 0 Å². The number of carbonyl (C=O) groups is 1. The van der Waals surface area contributed by atoms with E-state index in [1.165, 1.54) is 0 Å². The lowest BCUT2D eigenvalue weighted by Gasteiger charge is -2.22. The van der Waals surface area contributed by atoms with Crippen LogP contribution in [0.4, 0.5) is 0 Å². The fourth-order valence-electron chi connectivity index (χ4n) is 2.95. The van der Waals surface area contributed by atoms with Crippen molar-refractivity contribution in [3.8, 4) is 11.3 Å². The van der Waals surface area contributed by atoms with Gasteiger partial charge in [-0.15, -0.1) is 11.3 Å². The average molecular weight is 330 g/mol. The lowest BCUT2D eigenvalue weighted by molar-refractivity contribution is -0.122. The average Bonchev–Trinajstić information content (AvgIpc) is 3.22. The third-order valence-electron chi connectivity index (χ3n) is 4.34. The van der Waals surface area contributed by atoms with E-state index in [2.05, 4.69) is 10.3 Å². The summed E-state index contributed by atoms with van der Waals surface area (Å²) in [5.74, 6) is -0.0122. The fourth-order valence-corrected chi connectivity index (χ4v) is 3.76. The van der Waals surface area contributed by atoms with E-state index in [1.54, 1.807) is 11.3 Å². The lowest BCUT2D eigenvalue weighted by Crippen LogP contribution is -2.40. The van der Waals surface area contributed by atoms with Crippen molar-refractivity contribution >= 4 is 17.2 Å². The molecule has 1 aliphatic rings. The summed E-state index contributed by atoms with van der Waals surface area (Å²) >= 11 is 1.59. The highest BCUT2D eigenvalue weighted by atomic mass is 32.1. The van der Waals surface area contributed by atoms with Crippen LogP contribution < -0.4 is 5.32 Å². The van der Waals surface area contributed by atoms with E-state index in [1.807, 2.05) is 35.7 Å². The molecule has 1 heterocycles. The molecule has 1 amide bonds. The van der Waals surface area contributed by atoms with Crippen molar-refractivity contribution in [3.05, 3.63) is 40.7 Å². The van der Waals surface area contributed by atoms with Gasteiger partial charge in [-0.2, -0.15) is 0 Å². The van der Waals surface area contributed by atoms with Crippen molar-refractivity contribution in [2.45, 2.75) is 44.1 Å². The minimum absolute atomic E-state index is 0.0122. The highest BCUT2D eigenvalue weighted by molar-refractivity contribution is 7.09. The molecule has 3 rings (SSSR count). The monoisotopic (exact) mass is 330 g/mol. The third-order valence-corrected chi connectivity index (χ3v) is 5.24. The van der Waals surface area contributed by atoms with Gasteiger partial charge in [-0.3, -0.25) is 4.79 Å². The first-order chi connectivity index (χ1) is 11.1. The predicted molar refractivity (Wildman–Crippen MR) is 92.3 cm³/mol. The number of amides is 1. The molecule has 0 unspecified atom stereocenters. The zero-order valence-electron chi connectivity index (χ0n) is 13.1. The molecule has 0 radical (unpaired) electrons. The molecule has 1 fully saturated rings. The van der Waals surface area contributed by atoms with Gasteiger partial charge in [0.1, 0.15) is 0 Å². The standard InChI is InChI=1S/C18H22N2O2S/c21-16(19-13-18(22)10-4-5-11-18)8-9-17-20-15(12-23-17)14-6-2-1-3-7-14/h1-3,6-7,12,22H,4-5,8-11,13H2,(H,19,21). The Labute approximate surface area is 140 Å². The Kier molecular flexibility index (Phi) is 5.08. The Hall–Kier alpha value is -1.72. The number of benzene rings is 1. The van der Waals surface area contributed by atoms with E-state index in [9.17, 15) is 9.90 Å². The van der Waals surface area contributed by atoms with Crippen LogP contribution in [0, 0.1) is 0 Å². The number of aromatic nitrogens is 1.